The Bertz CT molecular complexity index is 375. The molecule has 0 aromatic heterocycles. The summed E-state index contributed by atoms with van der Waals surface area (Å²) in [6.07, 6.45) is 2.21. The fraction of sp³-hybridized carbons (Fsp3) is 0.500. The highest BCUT2D eigenvalue weighted by atomic mass is 32.2. The molecule has 1 aromatic rings. The molecule has 98 valence electrons. The van der Waals surface area contributed by atoms with Gasteiger partial charge in [0.05, 0.1) is 25.9 Å². The van der Waals surface area contributed by atoms with Gasteiger partial charge in [0.1, 0.15) is 0 Å². The standard InChI is InChI=1S/C14H20N2OS/c1-16-9-7-12(8-10-16)15-14(17)11-18-13-5-3-2-4-6-13/h2-6,12H,7-11H2,1H3,(H,15,17)/p+1. The smallest absolute Gasteiger partial charge is 0.230 e. The summed E-state index contributed by atoms with van der Waals surface area (Å²) in [5, 5.41) is 3.14. The van der Waals surface area contributed by atoms with Crippen LogP contribution in [0, 0.1) is 0 Å². The Balaban J connectivity index is 1.69. The zero-order valence-corrected chi connectivity index (χ0v) is 11.6. The molecule has 1 amide bonds. The largest absolute Gasteiger partial charge is 0.352 e. The van der Waals surface area contributed by atoms with Crippen LogP contribution in [0.2, 0.25) is 0 Å². The van der Waals surface area contributed by atoms with Gasteiger partial charge in [-0.05, 0) is 12.1 Å². The van der Waals surface area contributed by atoms with Gasteiger partial charge in [-0.1, -0.05) is 18.2 Å². The van der Waals surface area contributed by atoms with Gasteiger partial charge in [-0.25, -0.2) is 0 Å². The number of carbonyl (C=O) groups excluding carboxylic acids is 1. The van der Waals surface area contributed by atoms with Crippen LogP contribution in [0.5, 0.6) is 0 Å². The number of hydrogen-bond donors (Lipinski definition) is 2. The summed E-state index contributed by atoms with van der Waals surface area (Å²) in [6.45, 7) is 2.33. The third-order valence-corrected chi connectivity index (χ3v) is 4.33. The Morgan fingerprint density at radius 2 is 2.00 bits per heavy atom. The second-order valence-electron chi connectivity index (χ2n) is 4.90. The Labute approximate surface area is 113 Å². The number of carbonyl (C=O) groups is 1. The van der Waals surface area contributed by atoms with Gasteiger partial charge in [-0.2, -0.15) is 0 Å². The fourth-order valence-corrected chi connectivity index (χ4v) is 2.92. The van der Waals surface area contributed by atoms with Crippen molar-refractivity contribution in [2.75, 3.05) is 25.9 Å². The molecule has 1 heterocycles. The van der Waals surface area contributed by atoms with Crippen LogP contribution in [0.1, 0.15) is 12.8 Å². The molecule has 0 bridgehead atoms. The SMILES string of the molecule is C[NH+]1CCC(NC(=O)CSc2ccccc2)CC1. The van der Waals surface area contributed by atoms with Gasteiger partial charge >= 0.3 is 0 Å². The van der Waals surface area contributed by atoms with Crippen LogP contribution < -0.4 is 10.2 Å². The van der Waals surface area contributed by atoms with E-state index in [1.165, 1.54) is 0 Å². The normalized spacial score (nSPS) is 23.6. The van der Waals surface area contributed by atoms with Crippen molar-refractivity contribution in [3.05, 3.63) is 30.3 Å². The van der Waals surface area contributed by atoms with Crippen LogP contribution in [-0.2, 0) is 4.79 Å². The lowest BCUT2D eigenvalue weighted by Gasteiger charge is -2.27. The van der Waals surface area contributed by atoms with Crippen molar-refractivity contribution in [1.82, 2.24) is 5.32 Å². The van der Waals surface area contributed by atoms with Crippen LogP contribution in [0.25, 0.3) is 0 Å². The summed E-state index contributed by atoms with van der Waals surface area (Å²) in [5.41, 5.74) is 0. The van der Waals surface area contributed by atoms with Gasteiger partial charge in [0, 0.05) is 23.8 Å². The second kappa shape index (κ2) is 6.81. The van der Waals surface area contributed by atoms with E-state index < -0.39 is 0 Å². The van der Waals surface area contributed by atoms with Crippen molar-refractivity contribution in [2.24, 2.45) is 0 Å². The zero-order valence-electron chi connectivity index (χ0n) is 10.8. The van der Waals surface area contributed by atoms with E-state index in [0.717, 1.165) is 30.8 Å². The van der Waals surface area contributed by atoms with E-state index in [4.69, 9.17) is 0 Å². The molecule has 0 saturated carbocycles. The predicted molar refractivity (Wildman–Crippen MR) is 75.0 cm³/mol. The Morgan fingerprint density at radius 1 is 1.33 bits per heavy atom. The highest BCUT2D eigenvalue weighted by Crippen LogP contribution is 2.16. The van der Waals surface area contributed by atoms with Gasteiger partial charge in [-0.15, -0.1) is 11.8 Å². The Hall–Kier alpha value is -1.00. The highest BCUT2D eigenvalue weighted by Gasteiger charge is 2.20. The van der Waals surface area contributed by atoms with E-state index >= 15 is 0 Å². The third kappa shape index (κ3) is 4.35. The molecular weight excluding hydrogens is 244 g/mol. The maximum Gasteiger partial charge on any atom is 0.230 e. The number of hydrogen-bond acceptors (Lipinski definition) is 2. The summed E-state index contributed by atoms with van der Waals surface area (Å²) >= 11 is 1.60. The topological polar surface area (TPSA) is 33.5 Å². The van der Waals surface area contributed by atoms with E-state index in [2.05, 4.69) is 12.4 Å². The minimum atomic E-state index is 0.161. The first-order valence-corrected chi connectivity index (χ1v) is 7.51. The van der Waals surface area contributed by atoms with Gasteiger partial charge in [-0.3, -0.25) is 4.79 Å². The number of amides is 1. The number of quaternary nitrogens is 1. The number of piperidine rings is 1. The molecule has 3 nitrogen and oxygen atoms in total. The first-order valence-electron chi connectivity index (χ1n) is 6.52. The molecule has 2 N–H and O–H groups in total. The van der Waals surface area contributed by atoms with Crippen molar-refractivity contribution < 1.29 is 9.69 Å². The summed E-state index contributed by atoms with van der Waals surface area (Å²) in [4.78, 5) is 14.5. The van der Waals surface area contributed by atoms with Gasteiger partial charge in [0.15, 0.2) is 0 Å². The quantitative estimate of drug-likeness (QED) is 0.781. The first kappa shape index (κ1) is 13.4. The van der Waals surface area contributed by atoms with Gasteiger partial charge in [0.25, 0.3) is 0 Å². The van der Waals surface area contributed by atoms with E-state index in [9.17, 15) is 4.79 Å². The molecule has 0 spiro atoms. The fourth-order valence-electron chi connectivity index (χ4n) is 2.19. The van der Waals surface area contributed by atoms with Crippen molar-refractivity contribution in [1.29, 1.82) is 0 Å². The summed E-state index contributed by atoms with van der Waals surface area (Å²) in [6, 6.07) is 10.5. The van der Waals surface area contributed by atoms with Crippen LogP contribution in [0.4, 0.5) is 0 Å². The number of likely N-dealkylation sites (tertiary alicyclic amines) is 1. The monoisotopic (exact) mass is 265 g/mol. The second-order valence-corrected chi connectivity index (χ2v) is 5.95. The molecular formula is C14H21N2OS+. The summed E-state index contributed by atoms with van der Waals surface area (Å²) in [5.74, 6) is 0.678. The van der Waals surface area contributed by atoms with Crippen LogP contribution in [0.15, 0.2) is 35.2 Å². The number of thioether (sulfide) groups is 1. The van der Waals surface area contributed by atoms with Crippen molar-refractivity contribution in [2.45, 2.75) is 23.8 Å². The average molecular weight is 265 g/mol. The first-order chi connectivity index (χ1) is 8.74. The zero-order chi connectivity index (χ0) is 12.8. The van der Waals surface area contributed by atoms with E-state index in [1.807, 2.05) is 30.3 Å². The lowest BCUT2D eigenvalue weighted by atomic mass is 10.1. The molecule has 4 heteroatoms. The molecule has 1 saturated heterocycles. The van der Waals surface area contributed by atoms with Crippen LogP contribution in [-0.4, -0.2) is 37.8 Å². The minimum Gasteiger partial charge on any atom is -0.352 e. The molecule has 0 unspecified atom stereocenters. The molecule has 2 rings (SSSR count). The molecule has 0 aliphatic carbocycles. The highest BCUT2D eigenvalue weighted by molar-refractivity contribution is 8.00. The molecule has 1 aliphatic rings. The van der Waals surface area contributed by atoms with E-state index in [1.54, 1.807) is 16.7 Å². The number of rotatable bonds is 4. The minimum absolute atomic E-state index is 0.161. The van der Waals surface area contributed by atoms with E-state index in [0.29, 0.717) is 11.8 Å². The molecule has 1 fully saturated rings. The maximum absolute atomic E-state index is 11.8. The summed E-state index contributed by atoms with van der Waals surface area (Å²) in [7, 11) is 2.21. The van der Waals surface area contributed by atoms with Crippen molar-refractivity contribution in [3.63, 3.8) is 0 Å². The lowest BCUT2D eigenvalue weighted by Crippen LogP contribution is -3.10. The predicted octanol–water partition coefficient (Wildman–Crippen LogP) is 0.572. The van der Waals surface area contributed by atoms with Crippen molar-refractivity contribution in [3.8, 4) is 0 Å². The molecule has 1 aliphatic heterocycles. The van der Waals surface area contributed by atoms with Gasteiger partial charge in [0.2, 0.25) is 5.91 Å². The molecule has 0 radical (unpaired) electrons. The Morgan fingerprint density at radius 3 is 2.67 bits per heavy atom. The molecule has 18 heavy (non-hydrogen) atoms. The summed E-state index contributed by atoms with van der Waals surface area (Å²) < 4.78 is 0. The average Bonchev–Trinajstić information content (AvgIpc) is 2.40. The maximum atomic E-state index is 11.8. The van der Waals surface area contributed by atoms with E-state index in [-0.39, 0.29) is 5.91 Å². The molecule has 0 atom stereocenters. The Kier molecular flexibility index (Phi) is 5.08. The lowest BCUT2D eigenvalue weighted by molar-refractivity contribution is -0.884. The van der Waals surface area contributed by atoms with Crippen molar-refractivity contribution >= 4 is 17.7 Å². The number of nitrogens with one attached hydrogen (secondary N) is 2. The number of benzene rings is 1. The molecule has 1 aromatic carbocycles. The van der Waals surface area contributed by atoms with Crippen LogP contribution in [0.3, 0.4) is 0 Å². The third-order valence-electron chi connectivity index (χ3n) is 3.32. The van der Waals surface area contributed by atoms with Crippen LogP contribution >= 0.6 is 11.8 Å². The van der Waals surface area contributed by atoms with Gasteiger partial charge < -0.3 is 10.2 Å².